The number of nitrogens with one attached hydrogen (secondary N) is 1. The SMILES string of the molecule is CCc1nc(NC2CCN(Cc3ccc4c(cc(C)n4C[C@H](C)N4CCC(C)(C#N)CC4)c3C)CC2)c2cc(CC(F)(F)F)sc2n1. The Bertz CT molecular complexity index is 1770. The van der Waals surface area contributed by atoms with Crippen LogP contribution in [0.2, 0.25) is 0 Å². The fraction of sp³-hybridized carbons (Fsp3) is 0.583. The number of anilines is 1. The number of fused-ring (bicyclic) bond motifs is 2. The van der Waals surface area contributed by atoms with Crippen LogP contribution in [0.1, 0.15) is 74.0 Å². The van der Waals surface area contributed by atoms with Crippen molar-refractivity contribution >= 4 is 38.3 Å². The predicted molar refractivity (Wildman–Crippen MR) is 184 cm³/mol. The van der Waals surface area contributed by atoms with Gasteiger partial charge in [0.2, 0.25) is 0 Å². The van der Waals surface area contributed by atoms with Crippen molar-refractivity contribution in [2.24, 2.45) is 5.41 Å². The molecule has 2 aliphatic rings. The highest BCUT2D eigenvalue weighted by molar-refractivity contribution is 7.18. The van der Waals surface area contributed by atoms with Gasteiger partial charge in [0, 0.05) is 66.2 Å². The number of alkyl halides is 3. The number of likely N-dealkylation sites (tertiary alicyclic amines) is 2. The fourth-order valence-electron chi connectivity index (χ4n) is 7.26. The first-order valence-corrected chi connectivity index (χ1v) is 17.7. The van der Waals surface area contributed by atoms with Gasteiger partial charge in [0.25, 0.3) is 0 Å². The highest BCUT2D eigenvalue weighted by atomic mass is 32.1. The van der Waals surface area contributed by atoms with E-state index < -0.39 is 12.6 Å². The molecular formula is C36H46F3N7S. The van der Waals surface area contributed by atoms with Gasteiger partial charge in [0.1, 0.15) is 16.5 Å². The highest BCUT2D eigenvalue weighted by Gasteiger charge is 2.32. The third-order valence-corrected chi connectivity index (χ3v) is 11.4. The summed E-state index contributed by atoms with van der Waals surface area (Å²) in [5.41, 5.74) is 5.06. The summed E-state index contributed by atoms with van der Waals surface area (Å²) >= 11 is 1.11. The summed E-state index contributed by atoms with van der Waals surface area (Å²) in [4.78, 5) is 15.1. The summed E-state index contributed by atoms with van der Waals surface area (Å²) in [6, 6.07) is 11.6. The van der Waals surface area contributed by atoms with Crippen LogP contribution in [-0.4, -0.2) is 68.8 Å². The number of rotatable bonds is 9. The predicted octanol–water partition coefficient (Wildman–Crippen LogP) is 8.02. The van der Waals surface area contributed by atoms with E-state index in [1.54, 1.807) is 6.07 Å². The average Bonchev–Trinajstić information content (AvgIpc) is 3.58. The van der Waals surface area contributed by atoms with E-state index in [0.29, 0.717) is 34.3 Å². The Morgan fingerprint density at radius 3 is 2.47 bits per heavy atom. The maximum atomic E-state index is 13.1. The third kappa shape index (κ3) is 7.45. The second-order valence-corrected chi connectivity index (χ2v) is 15.1. The summed E-state index contributed by atoms with van der Waals surface area (Å²) < 4.78 is 41.7. The van der Waals surface area contributed by atoms with Gasteiger partial charge >= 0.3 is 6.18 Å². The van der Waals surface area contributed by atoms with Crippen LogP contribution in [0.5, 0.6) is 0 Å². The number of benzene rings is 1. The summed E-state index contributed by atoms with van der Waals surface area (Å²) in [6.45, 7) is 16.4. The van der Waals surface area contributed by atoms with Crippen molar-refractivity contribution in [1.29, 1.82) is 5.26 Å². The Hall–Kier alpha value is -3.20. The molecule has 0 unspecified atom stereocenters. The molecule has 11 heteroatoms. The van der Waals surface area contributed by atoms with E-state index in [1.807, 2.05) is 6.92 Å². The molecule has 3 aromatic heterocycles. The number of hydrogen-bond donors (Lipinski definition) is 1. The second kappa shape index (κ2) is 13.4. The zero-order valence-electron chi connectivity index (χ0n) is 28.2. The Balaban J connectivity index is 1.09. The van der Waals surface area contributed by atoms with E-state index in [2.05, 4.69) is 81.6 Å². The van der Waals surface area contributed by atoms with Gasteiger partial charge in [-0.2, -0.15) is 18.4 Å². The molecule has 0 aliphatic carbocycles. The standard InChI is InChI=1S/C36H46F3N7S/c1-6-32-42-33(30-18-28(19-36(37,38)39)47-34(30)43-32)41-27-9-13-44(14-10-27)21-26-7-8-31-29(25(26)4)17-23(2)46(31)20-24(3)45-15-11-35(5,22-40)12-16-45/h7-8,17-18,24,27H,6,9-16,19-21H2,1-5H3,(H,41,42,43)/t24-/m0/s1. The molecule has 1 atom stereocenters. The summed E-state index contributed by atoms with van der Waals surface area (Å²) in [7, 11) is 0. The van der Waals surface area contributed by atoms with Crippen molar-refractivity contribution in [3.05, 3.63) is 51.8 Å². The first-order valence-electron chi connectivity index (χ1n) is 16.9. The number of nitriles is 1. The smallest absolute Gasteiger partial charge is 0.367 e. The molecule has 0 spiro atoms. The number of thiophene rings is 1. The van der Waals surface area contributed by atoms with E-state index in [0.717, 1.165) is 76.3 Å². The lowest BCUT2D eigenvalue weighted by Gasteiger charge is -2.38. The topological polar surface area (TPSA) is 73.0 Å². The lowest BCUT2D eigenvalue weighted by atomic mass is 9.81. The molecular weight excluding hydrogens is 620 g/mol. The van der Waals surface area contributed by atoms with E-state index in [1.165, 1.54) is 27.7 Å². The van der Waals surface area contributed by atoms with E-state index >= 15 is 0 Å². The Labute approximate surface area is 279 Å². The molecule has 6 rings (SSSR count). The van der Waals surface area contributed by atoms with Crippen LogP contribution < -0.4 is 5.32 Å². The number of aryl methyl sites for hydroxylation is 3. The minimum Gasteiger partial charge on any atom is -0.367 e. The minimum absolute atomic E-state index is 0.190. The first-order chi connectivity index (χ1) is 22.3. The van der Waals surface area contributed by atoms with Crippen molar-refractivity contribution in [1.82, 2.24) is 24.3 Å². The largest absolute Gasteiger partial charge is 0.393 e. The number of halogens is 3. The van der Waals surface area contributed by atoms with E-state index in [9.17, 15) is 18.4 Å². The first kappa shape index (κ1) is 33.7. The molecule has 0 radical (unpaired) electrons. The van der Waals surface area contributed by atoms with Gasteiger partial charge in [-0.05, 0) is 95.8 Å². The maximum absolute atomic E-state index is 13.1. The van der Waals surface area contributed by atoms with Crippen LogP contribution >= 0.6 is 11.3 Å². The van der Waals surface area contributed by atoms with Gasteiger partial charge in [0.15, 0.2) is 0 Å². The van der Waals surface area contributed by atoms with E-state index in [4.69, 9.17) is 0 Å². The van der Waals surface area contributed by atoms with E-state index in [-0.39, 0.29) is 16.3 Å². The zero-order valence-corrected chi connectivity index (χ0v) is 29.0. The molecule has 0 amide bonds. The van der Waals surface area contributed by atoms with Gasteiger partial charge in [-0.15, -0.1) is 11.3 Å². The quantitative estimate of drug-likeness (QED) is 0.195. The Kier molecular flexibility index (Phi) is 9.58. The van der Waals surface area contributed by atoms with Crippen molar-refractivity contribution in [3.8, 4) is 6.07 Å². The summed E-state index contributed by atoms with van der Waals surface area (Å²) in [6.07, 6.45) is -0.827. The number of hydrogen-bond acceptors (Lipinski definition) is 7. The molecule has 252 valence electrons. The molecule has 2 aliphatic heterocycles. The number of nitrogens with zero attached hydrogens (tertiary/aromatic N) is 6. The zero-order chi connectivity index (χ0) is 33.5. The van der Waals surface area contributed by atoms with Crippen LogP contribution in [0, 0.1) is 30.6 Å². The van der Waals surface area contributed by atoms with Crippen LogP contribution in [0.4, 0.5) is 19.0 Å². The van der Waals surface area contributed by atoms with Crippen molar-refractivity contribution in [2.75, 3.05) is 31.5 Å². The molecule has 0 bridgehead atoms. The normalized spacial score (nSPS) is 19.0. The molecule has 2 saturated heterocycles. The van der Waals surface area contributed by atoms with Crippen LogP contribution in [-0.2, 0) is 25.9 Å². The molecule has 7 nitrogen and oxygen atoms in total. The Morgan fingerprint density at radius 2 is 1.81 bits per heavy atom. The van der Waals surface area contributed by atoms with Gasteiger partial charge in [-0.3, -0.25) is 9.80 Å². The van der Waals surface area contributed by atoms with Crippen molar-refractivity contribution in [2.45, 2.75) is 104 Å². The van der Waals surface area contributed by atoms with Crippen molar-refractivity contribution < 1.29 is 13.2 Å². The van der Waals surface area contributed by atoms with Gasteiger partial charge in [-0.1, -0.05) is 13.0 Å². The van der Waals surface area contributed by atoms with Crippen molar-refractivity contribution in [3.63, 3.8) is 0 Å². The monoisotopic (exact) mass is 665 g/mol. The maximum Gasteiger partial charge on any atom is 0.393 e. The molecule has 2 fully saturated rings. The third-order valence-electron chi connectivity index (χ3n) is 10.4. The summed E-state index contributed by atoms with van der Waals surface area (Å²) in [5, 5.41) is 15.1. The molecule has 1 aromatic carbocycles. The van der Waals surface area contributed by atoms with Gasteiger partial charge < -0.3 is 9.88 Å². The minimum atomic E-state index is -4.25. The molecule has 47 heavy (non-hydrogen) atoms. The average molecular weight is 666 g/mol. The molecule has 4 aromatic rings. The lowest BCUT2D eigenvalue weighted by molar-refractivity contribution is -0.126. The molecule has 1 N–H and O–H groups in total. The van der Waals surface area contributed by atoms with Gasteiger partial charge in [-0.25, -0.2) is 9.97 Å². The molecule has 5 heterocycles. The second-order valence-electron chi connectivity index (χ2n) is 14.0. The van der Waals surface area contributed by atoms with Gasteiger partial charge in [0.05, 0.1) is 23.3 Å². The number of aromatic nitrogens is 3. The highest BCUT2D eigenvalue weighted by Crippen LogP contribution is 2.35. The molecule has 0 saturated carbocycles. The van der Waals surface area contributed by atoms with Crippen LogP contribution in [0.25, 0.3) is 21.1 Å². The lowest BCUT2D eigenvalue weighted by Crippen LogP contribution is -2.44. The number of piperidine rings is 2. The Morgan fingerprint density at radius 1 is 1.09 bits per heavy atom. The van der Waals surface area contributed by atoms with Crippen LogP contribution in [0.3, 0.4) is 0 Å². The van der Waals surface area contributed by atoms with Crippen LogP contribution in [0.15, 0.2) is 24.3 Å². The summed E-state index contributed by atoms with van der Waals surface area (Å²) in [5.74, 6) is 1.31. The fourth-order valence-corrected chi connectivity index (χ4v) is 8.33.